The van der Waals surface area contributed by atoms with Crippen molar-refractivity contribution in [2.45, 2.75) is 44.7 Å². The number of nitrogens with zero attached hydrogens (tertiary/aromatic N) is 3. The van der Waals surface area contributed by atoms with Gasteiger partial charge >= 0.3 is 0 Å². The Balaban J connectivity index is 1.79. The van der Waals surface area contributed by atoms with Crippen molar-refractivity contribution >= 4 is 5.91 Å². The molecule has 2 aliphatic rings. The van der Waals surface area contributed by atoms with Crippen LogP contribution in [0.5, 0.6) is 0 Å². The molecule has 1 N–H and O–H groups in total. The topological polar surface area (TPSA) is 56.7 Å². The van der Waals surface area contributed by atoms with Gasteiger partial charge in [0.25, 0.3) is 0 Å². The molecule has 1 spiro atoms. The van der Waals surface area contributed by atoms with Gasteiger partial charge in [-0.1, -0.05) is 6.07 Å². The highest BCUT2D eigenvalue weighted by Gasteiger charge is 2.50. The van der Waals surface area contributed by atoms with Crippen LogP contribution in [0.3, 0.4) is 0 Å². The predicted octanol–water partition coefficient (Wildman–Crippen LogP) is 1.34. The van der Waals surface area contributed by atoms with Gasteiger partial charge in [-0.3, -0.25) is 14.7 Å². The molecule has 1 unspecified atom stereocenters. The van der Waals surface area contributed by atoms with Gasteiger partial charge in [0.2, 0.25) is 5.91 Å². The number of β-amino-alcohol motifs (C(OH)–C–C–N with tert-alkyl or cyclic N) is 1. The van der Waals surface area contributed by atoms with Gasteiger partial charge in [-0.15, -0.1) is 0 Å². The maximum absolute atomic E-state index is 12.9. The number of aliphatic hydroxyl groups is 1. The average Bonchev–Trinajstić information content (AvgIpc) is 2.90. The number of aliphatic hydroxyl groups excluding tert-OH is 1. The Labute approximate surface area is 131 Å². The molecule has 1 amide bonds. The zero-order valence-electron chi connectivity index (χ0n) is 13.3. The maximum Gasteiger partial charge on any atom is 0.243 e. The molecule has 0 aliphatic carbocycles. The number of hydrogen-bond acceptors (Lipinski definition) is 4. The SMILES string of the molecule is Cc1ccc(CN2CCCC23CCCN(CCO)C3=O)nc1. The molecule has 3 heterocycles. The summed E-state index contributed by atoms with van der Waals surface area (Å²) >= 11 is 0. The summed E-state index contributed by atoms with van der Waals surface area (Å²) in [6.45, 7) is 5.00. The summed E-state index contributed by atoms with van der Waals surface area (Å²) in [6, 6.07) is 4.13. The Morgan fingerprint density at radius 1 is 1.27 bits per heavy atom. The first kappa shape index (κ1) is 15.4. The smallest absolute Gasteiger partial charge is 0.243 e. The third-order valence-corrected chi connectivity index (χ3v) is 5.02. The zero-order chi connectivity index (χ0) is 15.6. The van der Waals surface area contributed by atoms with Crippen LogP contribution < -0.4 is 0 Å². The van der Waals surface area contributed by atoms with Gasteiger partial charge in [0.1, 0.15) is 5.54 Å². The van der Waals surface area contributed by atoms with Gasteiger partial charge in [-0.25, -0.2) is 0 Å². The molecule has 0 bridgehead atoms. The van der Waals surface area contributed by atoms with E-state index in [1.54, 1.807) is 0 Å². The van der Waals surface area contributed by atoms with Gasteiger partial charge in [0.15, 0.2) is 0 Å². The number of piperidine rings is 1. The number of aryl methyl sites for hydroxylation is 1. The summed E-state index contributed by atoms with van der Waals surface area (Å²) in [6.07, 6.45) is 5.83. The van der Waals surface area contributed by atoms with Crippen molar-refractivity contribution in [3.8, 4) is 0 Å². The Morgan fingerprint density at radius 2 is 2.05 bits per heavy atom. The molecule has 120 valence electrons. The van der Waals surface area contributed by atoms with Crippen molar-refractivity contribution in [2.75, 3.05) is 26.2 Å². The first-order valence-corrected chi connectivity index (χ1v) is 8.22. The van der Waals surface area contributed by atoms with E-state index >= 15 is 0 Å². The molecule has 0 aromatic carbocycles. The number of likely N-dealkylation sites (tertiary alicyclic amines) is 2. The van der Waals surface area contributed by atoms with E-state index in [4.69, 9.17) is 0 Å². The molecule has 2 saturated heterocycles. The van der Waals surface area contributed by atoms with E-state index in [0.717, 1.165) is 56.6 Å². The van der Waals surface area contributed by atoms with Crippen LogP contribution >= 0.6 is 0 Å². The van der Waals surface area contributed by atoms with Crippen molar-refractivity contribution in [2.24, 2.45) is 0 Å². The summed E-state index contributed by atoms with van der Waals surface area (Å²) in [5.41, 5.74) is 1.82. The minimum absolute atomic E-state index is 0.0430. The molecule has 2 fully saturated rings. The van der Waals surface area contributed by atoms with E-state index in [9.17, 15) is 9.90 Å². The lowest BCUT2D eigenvalue weighted by molar-refractivity contribution is -0.148. The van der Waals surface area contributed by atoms with Gasteiger partial charge in [-0.2, -0.15) is 0 Å². The van der Waals surface area contributed by atoms with Gasteiger partial charge in [0, 0.05) is 25.8 Å². The molecule has 5 nitrogen and oxygen atoms in total. The monoisotopic (exact) mass is 303 g/mol. The van der Waals surface area contributed by atoms with E-state index in [1.807, 2.05) is 18.0 Å². The van der Waals surface area contributed by atoms with Crippen LogP contribution in [0.1, 0.15) is 36.9 Å². The van der Waals surface area contributed by atoms with Crippen LogP contribution in [0.4, 0.5) is 0 Å². The van der Waals surface area contributed by atoms with Crippen molar-refractivity contribution in [1.29, 1.82) is 0 Å². The van der Waals surface area contributed by atoms with E-state index in [1.165, 1.54) is 0 Å². The first-order valence-electron chi connectivity index (χ1n) is 8.22. The zero-order valence-corrected chi connectivity index (χ0v) is 13.3. The molecule has 2 aliphatic heterocycles. The largest absolute Gasteiger partial charge is 0.395 e. The fourth-order valence-electron chi connectivity index (χ4n) is 3.88. The van der Waals surface area contributed by atoms with Crippen molar-refractivity contribution in [1.82, 2.24) is 14.8 Å². The number of carbonyl (C=O) groups is 1. The third-order valence-electron chi connectivity index (χ3n) is 5.02. The number of hydrogen-bond donors (Lipinski definition) is 1. The molecule has 0 radical (unpaired) electrons. The predicted molar refractivity (Wildman–Crippen MR) is 84.2 cm³/mol. The van der Waals surface area contributed by atoms with Gasteiger partial charge < -0.3 is 10.0 Å². The fraction of sp³-hybridized carbons (Fsp3) is 0.647. The van der Waals surface area contributed by atoms with E-state index < -0.39 is 0 Å². The molecule has 22 heavy (non-hydrogen) atoms. The number of rotatable bonds is 4. The summed E-state index contributed by atoms with van der Waals surface area (Å²) < 4.78 is 0. The maximum atomic E-state index is 12.9. The summed E-state index contributed by atoms with van der Waals surface area (Å²) in [4.78, 5) is 21.6. The third kappa shape index (κ3) is 2.75. The minimum atomic E-state index is -0.361. The second kappa shape index (κ2) is 6.34. The van der Waals surface area contributed by atoms with Crippen molar-refractivity contribution in [3.05, 3.63) is 29.6 Å². The Hall–Kier alpha value is -1.46. The molecule has 5 heteroatoms. The second-order valence-corrected chi connectivity index (χ2v) is 6.50. The first-order chi connectivity index (χ1) is 10.7. The van der Waals surface area contributed by atoms with Crippen LogP contribution in [0.25, 0.3) is 0 Å². The Morgan fingerprint density at radius 3 is 2.73 bits per heavy atom. The van der Waals surface area contributed by atoms with Crippen LogP contribution in [0, 0.1) is 6.92 Å². The summed E-state index contributed by atoms with van der Waals surface area (Å²) in [5.74, 6) is 0.206. The lowest BCUT2D eigenvalue weighted by Crippen LogP contribution is -2.60. The Kier molecular flexibility index (Phi) is 4.45. The number of carbonyl (C=O) groups excluding carboxylic acids is 1. The Bertz CT molecular complexity index is 529. The lowest BCUT2D eigenvalue weighted by Gasteiger charge is -2.44. The second-order valence-electron chi connectivity index (χ2n) is 6.50. The van der Waals surface area contributed by atoms with Crippen LogP contribution in [0.2, 0.25) is 0 Å². The van der Waals surface area contributed by atoms with Gasteiger partial charge in [0.05, 0.1) is 12.3 Å². The summed E-state index contributed by atoms with van der Waals surface area (Å²) in [5, 5.41) is 9.18. The quantitative estimate of drug-likeness (QED) is 0.912. The highest BCUT2D eigenvalue weighted by Crippen LogP contribution is 2.38. The van der Waals surface area contributed by atoms with Crippen LogP contribution in [-0.2, 0) is 11.3 Å². The van der Waals surface area contributed by atoms with Crippen LogP contribution in [-0.4, -0.2) is 57.6 Å². The number of aromatic nitrogens is 1. The molecule has 1 aromatic heterocycles. The highest BCUT2D eigenvalue weighted by molar-refractivity contribution is 5.87. The lowest BCUT2D eigenvalue weighted by atomic mass is 9.85. The molecule has 3 rings (SSSR count). The highest BCUT2D eigenvalue weighted by atomic mass is 16.3. The molecular weight excluding hydrogens is 278 g/mol. The molecule has 0 saturated carbocycles. The standard InChI is InChI=1S/C17H25N3O2/c1-14-4-5-15(18-12-14)13-20-9-3-7-17(20)6-2-8-19(10-11-21)16(17)22/h4-5,12,21H,2-3,6-11,13H2,1H3. The average molecular weight is 303 g/mol. The fourth-order valence-corrected chi connectivity index (χ4v) is 3.88. The van der Waals surface area contributed by atoms with Crippen molar-refractivity contribution < 1.29 is 9.90 Å². The van der Waals surface area contributed by atoms with Crippen LogP contribution in [0.15, 0.2) is 18.3 Å². The molecule has 1 aromatic rings. The normalized spacial score (nSPS) is 26.1. The minimum Gasteiger partial charge on any atom is -0.395 e. The number of pyridine rings is 1. The van der Waals surface area contributed by atoms with E-state index in [2.05, 4.69) is 22.0 Å². The molecular formula is C17H25N3O2. The van der Waals surface area contributed by atoms with Crippen molar-refractivity contribution in [3.63, 3.8) is 0 Å². The van der Waals surface area contributed by atoms with Gasteiger partial charge in [-0.05, 0) is 50.8 Å². The summed E-state index contributed by atoms with van der Waals surface area (Å²) in [7, 11) is 0. The number of amides is 1. The molecule has 1 atom stereocenters. The van der Waals surface area contributed by atoms with E-state index in [-0.39, 0.29) is 18.1 Å². The van der Waals surface area contributed by atoms with E-state index in [0.29, 0.717) is 6.54 Å².